The summed E-state index contributed by atoms with van der Waals surface area (Å²) in [7, 11) is 0. The van der Waals surface area contributed by atoms with E-state index in [-0.39, 0.29) is 11.5 Å². The molecule has 0 unspecified atom stereocenters. The maximum atomic E-state index is 12.8. The summed E-state index contributed by atoms with van der Waals surface area (Å²) in [5, 5.41) is 8.92. The molecule has 0 radical (unpaired) electrons. The van der Waals surface area contributed by atoms with Gasteiger partial charge >= 0.3 is 0 Å². The molecule has 0 saturated carbocycles. The van der Waals surface area contributed by atoms with Crippen molar-refractivity contribution in [2.24, 2.45) is 0 Å². The molecule has 0 saturated heterocycles. The molecule has 5 nitrogen and oxygen atoms in total. The van der Waals surface area contributed by atoms with E-state index < -0.39 is 0 Å². The van der Waals surface area contributed by atoms with E-state index in [0.717, 1.165) is 11.3 Å². The first-order valence-corrected chi connectivity index (χ1v) is 9.38. The molecular formula is C21H16Cl2N4O. The number of carbonyl (C=O) groups excluding carboxylic acids is 1. The number of para-hydroxylation sites is 1. The fraction of sp³-hybridized carbons (Fsp3) is 0.0952. The van der Waals surface area contributed by atoms with E-state index in [4.69, 9.17) is 23.2 Å². The number of aromatic nitrogens is 3. The number of rotatable bonds is 3. The Balaban J connectivity index is 1.77. The minimum Gasteiger partial charge on any atom is -0.322 e. The summed E-state index contributed by atoms with van der Waals surface area (Å²) < 4.78 is 1.72. The minimum atomic E-state index is -0.350. The molecule has 4 rings (SSSR count). The van der Waals surface area contributed by atoms with Gasteiger partial charge in [-0.05, 0) is 43.7 Å². The quantitative estimate of drug-likeness (QED) is 0.478. The number of carbonyl (C=O) groups is 1. The molecule has 0 bridgehead atoms. The van der Waals surface area contributed by atoms with Crippen LogP contribution in [-0.4, -0.2) is 20.7 Å². The molecule has 2 aromatic carbocycles. The molecule has 140 valence electrons. The lowest BCUT2D eigenvalue weighted by Gasteiger charge is -2.10. The Hall–Kier alpha value is -2.89. The largest absolute Gasteiger partial charge is 0.322 e. The van der Waals surface area contributed by atoms with Crippen molar-refractivity contribution in [1.82, 2.24) is 14.8 Å². The second kappa shape index (κ2) is 7.26. The lowest BCUT2D eigenvalue weighted by atomic mass is 10.1. The second-order valence-electron chi connectivity index (χ2n) is 6.43. The predicted octanol–water partition coefficient (Wildman–Crippen LogP) is 5.60. The molecule has 7 heteroatoms. The number of hydrogen-bond acceptors (Lipinski definition) is 3. The van der Waals surface area contributed by atoms with Gasteiger partial charge < -0.3 is 5.32 Å². The van der Waals surface area contributed by atoms with E-state index in [1.54, 1.807) is 16.8 Å². The molecule has 0 fully saturated rings. The third-order valence-corrected chi connectivity index (χ3v) is 5.13. The number of aryl methyl sites for hydroxylation is 2. The predicted molar refractivity (Wildman–Crippen MR) is 113 cm³/mol. The first kappa shape index (κ1) is 18.5. The third kappa shape index (κ3) is 3.23. The maximum Gasteiger partial charge on any atom is 0.258 e. The lowest BCUT2D eigenvalue weighted by Crippen LogP contribution is -2.14. The molecule has 0 spiro atoms. The third-order valence-electron chi connectivity index (χ3n) is 4.50. The number of halogens is 2. The average molecular weight is 411 g/mol. The van der Waals surface area contributed by atoms with Crippen LogP contribution in [-0.2, 0) is 0 Å². The Labute approximate surface area is 171 Å². The second-order valence-corrected chi connectivity index (χ2v) is 7.24. The Morgan fingerprint density at radius 2 is 1.82 bits per heavy atom. The molecule has 28 heavy (non-hydrogen) atoms. The molecule has 4 aromatic rings. The van der Waals surface area contributed by atoms with Crippen molar-refractivity contribution >= 4 is 45.8 Å². The molecule has 1 amide bonds. The van der Waals surface area contributed by atoms with Crippen molar-refractivity contribution in [3.63, 3.8) is 0 Å². The zero-order chi connectivity index (χ0) is 19.8. The first-order chi connectivity index (χ1) is 13.5. The summed E-state index contributed by atoms with van der Waals surface area (Å²) in [6.07, 6.45) is 1.47. The van der Waals surface area contributed by atoms with E-state index in [1.807, 2.05) is 50.2 Å². The van der Waals surface area contributed by atoms with Gasteiger partial charge in [0.2, 0.25) is 0 Å². The monoisotopic (exact) mass is 410 g/mol. The molecule has 1 N–H and O–H groups in total. The number of fused-ring (bicyclic) bond motifs is 1. The number of amides is 1. The highest BCUT2D eigenvalue weighted by Gasteiger charge is 2.20. The highest BCUT2D eigenvalue weighted by atomic mass is 35.5. The lowest BCUT2D eigenvalue weighted by molar-refractivity contribution is 0.102. The zero-order valence-corrected chi connectivity index (χ0v) is 16.7. The van der Waals surface area contributed by atoms with Gasteiger partial charge in [0, 0.05) is 16.9 Å². The molecule has 0 atom stereocenters. The van der Waals surface area contributed by atoms with Crippen LogP contribution in [0, 0.1) is 13.8 Å². The molecular weight excluding hydrogens is 395 g/mol. The zero-order valence-electron chi connectivity index (χ0n) is 15.2. The SMILES string of the molecule is Cc1ccc(Cl)cc1NC(=O)c1cnc2c(c(C)nn2-c2ccccc2)c1Cl. The van der Waals surface area contributed by atoms with E-state index in [9.17, 15) is 4.79 Å². The van der Waals surface area contributed by atoms with Gasteiger partial charge in [0.05, 0.1) is 27.4 Å². The standard InChI is InChI=1S/C21H16Cl2N4O/c1-12-8-9-14(22)10-17(12)25-21(28)16-11-24-20-18(19(16)23)13(2)26-27(20)15-6-4-3-5-7-15/h3-11H,1-2H3,(H,25,28). The van der Waals surface area contributed by atoms with Crippen molar-refractivity contribution < 1.29 is 4.79 Å². The molecule has 2 heterocycles. The molecule has 0 aliphatic carbocycles. The van der Waals surface area contributed by atoms with Crippen LogP contribution in [0.25, 0.3) is 16.7 Å². The van der Waals surface area contributed by atoms with Crippen molar-refractivity contribution in [2.45, 2.75) is 13.8 Å². The summed E-state index contributed by atoms with van der Waals surface area (Å²) in [6.45, 7) is 3.74. The number of nitrogens with zero attached hydrogens (tertiary/aromatic N) is 3. The van der Waals surface area contributed by atoms with Crippen molar-refractivity contribution in [3.05, 3.63) is 81.6 Å². The van der Waals surface area contributed by atoms with Gasteiger partial charge in [-0.15, -0.1) is 0 Å². The van der Waals surface area contributed by atoms with Crippen LogP contribution in [0.5, 0.6) is 0 Å². The van der Waals surface area contributed by atoms with E-state index in [1.165, 1.54) is 6.20 Å². The summed E-state index contributed by atoms with van der Waals surface area (Å²) in [4.78, 5) is 17.3. The van der Waals surface area contributed by atoms with Gasteiger partial charge in [0.25, 0.3) is 5.91 Å². The summed E-state index contributed by atoms with van der Waals surface area (Å²) >= 11 is 12.6. The first-order valence-electron chi connectivity index (χ1n) is 8.62. The summed E-state index contributed by atoms with van der Waals surface area (Å²) in [5.74, 6) is -0.350. The Kier molecular flexibility index (Phi) is 4.79. The Morgan fingerprint density at radius 1 is 1.07 bits per heavy atom. The van der Waals surface area contributed by atoms with E-state index in [2.05, 4.69) is 15.4 Å². The van der Waals surface area contributed by atoms with Crippen LogP contribution < -0.4 is 5.32 Å². The van der Waals surface area contributed by atoms with Crippen LogP contribution in [0.15, 0.2) is 54.7 Å². The normalized spacial score (nSPS) is 11.0. The maximum absolute atomic E-state index is 12.8. The molecule has 2 aromatic heterocycles. The van der Waals surface area contributed by atoms with Gasteiger partial charge in [-0.25, -0.2) is 9.67 Å². The number of anilines is 1. The van der Waals surface area contributed by atoms with Crippen LogP contribution in [0.2, 0.25) is 10.0 Å². The number of nitrogens with one attached hydrogen (secondary N) is 1. The van der Waals surface area contributed by atoms with Crippen molar-refractivity contribution in [1.29, 1.82) is 0 Å². The topological polar surface area (TPSA) is 59.8 Å². The number of hydrogen-bond donors (Lipinski definition) is 1. The highest BCUT2D eigenvalue weighted by Crippen LogP contribution is 2.31. The molecule has 0 aliphatic rings. The van der Waals surface area contributed by atoms with Gasteiger partial charge in [0.15, 0.2) is 5.65 Å². The summed E-state index contributed by atoms with van der Waals surface area (Å²) in [6, 6.07) is 15.0. The van der Waals surface area contributed by atoms with Crippen LogP contribution in [0.4, 0.5) is 5.69 Å². The van der Waals surface area contributed by atoms with Crippen molar-refractivity contribution in [3.8, 4) is 5.69 Å². The fourth-order valence-electron chi connectivity index (χ4n) is 3.03. The smallest absolute Gasteiger partial charge is 0.258 e. The summed E-state index contributed by atoms with van der Waals surface area (Å²) in [5.41, 5.74) is 3.98. The van der Waals surface area contributed by atoms with Crippen LogP contribution >= 0.6 is 23.2 Å². The van der Waals surface area contributed by atoms with E-state index in [0.29, 0.717) is 32.5 Å². The minimum absolute atomic E-state index is 0.282. The van der Waals surface area contributed by atoms with Gasteiger partial charge in [-0.1, -0.05) is 47.5 Å². The molecule has 0 aliphatic heterocycles. The van der Waals surface area contributed by atoms with Crippen LogP contribution in [0.3, 0.4) is 0 Å². The van der Waals surface area contributed by atoms with Gasteiger partial charge in [0.1, 0.15) is 0 Å². The average Bonchev–Trinajstić information content (AvgIpc) is 3.03. The van der Waals surface area contributed by atoms with Crippen LogP contribution in [0.1, 0.15) is 21.6 Å². The van der Waals surface area contributed by atoms with Crippen molar-refractivity contribution in [2.75, 3.05) is 5.32 Å². The highest BCUT2D eigenvalue weighted by molar-refractivity contribution is 6.39. The number of pyridine rings is 1. The Bertz CT molecular complexity index is 1200. The Morgan fingerprint density at radius 3 is 2.57 bits per heavy atom. The van der Waals surface area contributed by atoms with E-state index >= 15 is 0 Å². The van der Waals surface area contributed by atoms with Gasteiger partial charge in [-0.3, -0.25) is 4.79 Å². The van der Waals surface area contributed by atoms with Gasteiger partial charge in [-0.2, -0.15) is 5.10 Å². The fourth-order valence-corrected chi connectivity index (χ4v) is 3.56. The number of benzene rings is 2.